The van der Waals surface area contributed by atoms with Crippen LogP contribution in [-0.2, 0) is 4.79 Å². The first kappa shape index (κ1) is 13.7. The number of carbonyl (C=O) groups excluding carboxylic acids is 1. The van der Waals surface area contributed by atoms with Crippen molar-refractivity contribution in [2.75, 3.05) is 6.54 Å². The van der Waals surface area contributed by atoms with E-state index in [4.69, 9.17) is 0 Å². The van der Waals surface area contributed by atoms with Crippen molar-refractivity contribution in [3.05, 3.63) is 36.1 Å². The Morgan fingerprint density at radius 3 is 2.47 bits per heavy atom. The van der Waals surface area contributed by atoms with Gasteiger partial charge in [0.25, 0.3) is 0 Å². The number of nitrogens with zero attached hydrogens (tertiary/aromatic N) is 1. The average Bonchev–Trinajstić information content (AvgIpc) is 2.64. The van der Waals surface area contributed by atoms with Crippen LogP contribution in [0, 0.1) is 0 Å². The van der Waals surface area contributed by atoms with Gasteiger partial charge in [0.2, 0.25) is 5.91 Å². The van der Waals surface area contributed by atoms with Gasteiger partial charge in [0.15, 0.2) is 0 Å². The first-order valence-corrected chi connectivity index (χ1v) is 5.47. The molecule has 0 saturated carbocycles. The van der Waals surface area contributed by atoms with Gasteiger partial charge in [0.1, 0.15) is 0 Å². The van der Waals surface area contributed by atoms with E-state index in [0.717, 1.165) is 24.2 Å². The van der Waals surface area contributed by atoms with Crippen molar-refractivity contribution in [2.24, 2.45) is 0 Å². The van der Waals surface area contributed by atoms with Gasteiger partial charge in [0.05, 0.1) is 0 Å². The second-order valence-electron chi connectivity index (χ2n) is 3.04. The lowest BCUT2D eigenvalue weighted by Gasteiger charge is -2.15. The third-order valence-electron chi connectivity index (χ3n) is 2.18. The van der Waals surface area contributed by atoms with Gasteiger partial charge in [-0.3, -0.25) is 4.79 Å². The zero-order valence-corrected chi connectivity index (χ0v) is 10.2. The zero-order chi connectivity index (χ0) is 11.8. The first-order chi connectivity index (χ1) is 7.20. The topological polar surface area (TPSA) is 20.3 Å². The van der Waals surface area contributed by atoms with Gasteiger partial charge >= 0.3 is 0 Å². The maximum Gasteiger partial charge on any atom is 0.223 e. The lowest BCUT2D eigenvalue weighted by Crippen LogP contribution is -2.24. The molecule has 2 heteroatoms. The van der Waals surface area contributed by atoms with E-state index < -0.39 is 0 Å². The van der Waals surface area contributed by atoms with Crippen molar-refractivity contribution >= 4 is 5.91 Å². The predicted molar refractivity (Wildman–Crippen MR) is 65.4 cm³/mol. The highest BCUT2D eigenvalue weighted by atomic mass is 16.2. The van der Waals surface area contributed by atoms with Gasteiger partial charge in [0, 0.05) is 19.2 Å². The Bertz CT molecular complexity index is 287. The number of amides is 1. The molecule has 0 spiro atoms. The second-order valence-corrected chi connectivity index (χ2v) is 3.04. The number of allylic oxidation sites excluding steroid dienone is 3. The molecule has 0 bridgehead atoms. The minimum atomic E-state index is 0.102. The molecule has 0 atom stereocenters. The largest absolute Gasteiger partial charge is 0.312 e. The molecule has 0 fully saturated rings. The van der Waals surface area contributed by atoms with Gasteiger partial charge < -0.3 is 4.90 Å². The molecule has 0 aromatic rings. The van der Waals surface area contributed by atoms with Crippen molar-refractivity contribution in [1.82, 2.24) is 4.90 Å². The lowest BCUT2D eigenvalue weighted by molar-refractivity contribution is -0.126. The van der Waals surface area contributed by atoms with Crippen molar-refractivity contribution in [3.8, 4) is 0 Å². The first-order valence-electron chi connectivity index (χ1n) is 5.47. The van der Waals surface area contributed by atoms with Crippen LogP contribution in [0.2, 0.25) is 0 Å². The molecule has 1 aliphatic heterocycles. The Kier molecular flexibility index (Phi) is 6.43. The minimum absolute atomic E-state index is 0.102. The summed E-state index contributed by atoms with van der Waals surface area (Å²) in [6.45, 7) is 12.1. The molecular weight excluding hydrogens is 186 g/mol. The van der Waals surface area contributed by atoms with Gasteiger partial charge in [-0.15, -0.1) is 0 Å². The molecule has 0 N–H and O–H groups in total. The fourth-order valence-electron chi connectivity index (χ4n) is 1.54. The lowest BCUT2D eigenvalue weighted by atomic mass is 10.2. The zero-order valence-electron chi connectivity index (χ0n) is 10.2. The summed E-state index contributed by atoms with van der Waals surface area (Å²) in [5.41, 5.74) is 2.17. The summed E-state index contributed by atoms with van der Waals surface area (Å²) < 4.78 is 0. The molecule has 1 amide bonds. The normalized spacial score (nSPS) is 15.3. The molecule has 2 nitrogen and oxygen atoms in total. The Hall–Kier alpha value is -1.31. The predicted octanol–water partition coefficient (Wildman–Crippen LogP) is 3.28. The van der Waals surface area contributed by atoms with Crippen LogP contribution in [0.4, 0.5) is 0 Å². The van der Waals surface area contributed by atoms with Gasteiger partial charge in [-0.25, -0.2) is 0 Å². The summed E-state index contributed by atoms with van der Waals surface area (Å²) in [6, 6.07) is 0. The SMILES string of the molecule is C=CC1=C(/C=C\C)N(C(C)=O)CC1.CC. The van der Waals surface area contributed by atoms with Crippen LogP contribution >= 0.6 is 0 Å². The van der Waals surface area contributed by atoms with E-state index in [-0.39, 0.29) is 5.91 Å². The van der Waals surface area contributed by atoms with Crippen LogP contribution in [0.15, 0.2) is 36.1 Å². The van der Waals surface area contributed by atoms with Crippen LogP contribution in [0.25, 0.3) is 0 Å². The molecule has 0 saturated heterocycles. The van der Waals surface area contributed by atoms with E-state index >= 15 is 0 Å². The molecule has 1 heterocycles. The standard InChI is InChI=1S/C11H15NO.C2H6/c1-4-6-11-10(5-2)7-8-12(11)9(3)13;1-2/h4-6H,2,7-8H2,1,3H3;1-2H3/b6-4-;. The molecule has 0 aliphatic carbocycles. The fraction of sp³-hybridized carbons (Fsp3) is 0.462. The number of hydrogen-bond donors (Lipinski definition) is 0. The summed E-state index contributed by atoms with van der Waals surface area (Å²) in [7, 11) is 0. The monoisotopic (exact) mass is 207 g/mol. The molecule has 84 valence electrons. The second kappa shape index (κ2) is 7.04. The summed E-state index contributed by atoms with van der Waals surface area (Å²) in [4.78, 5) is 13.0. The van der Waals surface area contributed by atoms with E-state index in [1.54, 1.807) is 11.8 Å². The molecule has 1 rings (SSSR count). The highest BCUT2D eigenvalue weighted by Crippen LogP contribution is 2.24. The van der Waals surface area contributed by atoms with E-state index in [1.807, 2.05) is 39.0 Å². The molecular formula is C13H21NO. The summed E-state index contributed by atoms with van der Waals surface area (Å²) in [5, 5.41) is 0. The summed E-state index contributed by atoms with van der Waals surface area (Å²) in [5.74, 6) is 0.102. The molecule has 0 aromatic heterocycles. The number of carbonyl (C=O) groups is 1. The Labute approximate surface area is 93.0 Å². The van der Waals surface area contributed by atoms with E-state index in [2.05, 4.69) is 6.58 Å². The van der Waals surface area contributed by atoms with E-state index in [0.29, 0.717) is 0 Å². The molecule has 15 heavy (non-hydrogen) atoms. The quantitative estimate of drug-likeness (QED) is 0.680. The van der Waals surface area contributed by atoms with Gasteiger partial charge in [-0.05, 0) is 25.0 Å². The summed E-state index contributed by atoms with van der Waals surface area (Å²) in [6.07, 6.45) is 6.66. The Morgan fingerprint density at radius 2 is 2.07 bits per heavy atom. The highest BCUT2D eigenvalue weighted by Gasteiger charge is 2.21. The van der Waals surface area contributed by atoms with E-state index in [1.165, 1.54) is 0 Å². The van der Waals surface area contributed by atoms with Crippen LogP contribution in [0.5, 0.6) is 0 Å². The van der Waals surface area contributed by atoms with E-state index in [9.17, 15) is 4.79 Å². The maximum absolute atomic E-state index is 11.2. The number of rotatable bonds is 2. The number of hydrogen-bond acceptors (Lipinski definition) is 1. The van der Waals surface area contributed by atoms with Crippen LogP contribution in [0.3, 0.4) is 0 Å². The summed E-state index contributed by atoms with van der Waals surface area (Å²) >= 11 is 0. The van der Waals surface area contributed by atoms with Crippen molar-refractivity contribution in [3.63, 3.8) is 0 Å². The van der Waals surface area contributed by atoms with Gasteiger partial charge in [-0.2, -0.15) is 0 Å². The maximum atomic E-state index is 11.2. The fourth-order valence-corrected chi connectivity index (χ4v) is 1.54. The average molecular weight is 207 g/mol. The molecule has 0 aromatic carbocycles. The van der Waals surface area contributed by atoms with Crippen LogP contribution in [-0.4, -0.2) is 17.4 Å². The van der Waals surface area contributed by atoms with Crippen molar-refractivity contribution in [1.29, 1.82) is 0 Å². The molecule has 1 aliphatic rings. The van der Waals surface area contributed by atoms with Crippen molar-refractivity contribution < 1.29 is 4.79 Å². The Morgan fingerprint density at radius 1 is 1.47 bits per heavy atom. The molecule has 0 unspecified atom stereocenters. The highest BCUT2D eigenvalue weighted by molar-refractivity contribution is 5.77. The smallest absolute Gasteiger partial charge is 0.223 e. The third kappa shape index (κ3) is 3.39. The Balaban J connectivity index is 0.000000921. The van der Waals surface area contributed by atoms with Crippen LogP contribution in [0.1, 0.15) is 34.1 Å². The van der Waals surface area contributed by atoms with Crippen LogP contribution < -0.4 is 0 Å². The van der Waals surface area contributed by atoms with Gasteiger partial charge in [-0.1, -0.05) is 32.6 Å². The molecule has 0 radical (unpaired) electrons. The minimum Gasteiger partial charge on any atom is -0.312 e. The van der Waals surface area contributed by atoms with Crippen molar-refractivity contribution in [2.45, 2.75) is 34.1 Å². The third-order valence-corrected chi connectivity index (χ3v) is 2.18.